The number of likely N-dealkylation sites (N-methyl/N-ethyl adjacent to an activating group) is 1. The molecule has 3 nitrogen and oxygen atoms in total. The van der Waals surface area contributed by atoms with Crippen molar-refractivity contribution >= 4 is 5.78 Å². The van der Waals surface area contributed by atoms with E-state index in [0.29, 0.717) is 25.9 Å². The predicted octanol–water partition coefficient (Wildman–Crippen LogP) is 2.03. The minimum Gasteiger partial charge on any atom is -0.298 e. The molecule has 0 bridgehead atoms. The molecule has 0 N–H and O–H groups in total. The molecule has 0 heterocycles. The van der Waals surface area contributed by atoms with E-state index in [1.807, 2.05) is 42.2 Å². The van der Waals surface area contributed by atoms with Crippen molar-refractivity contribution in [3.63, 3.8) is 0 Å². The van der Waals surface area contributed by atoms with Crippen molar-refractivity contribution < 1.29 is 4.79 Å². The van der Waals surface area contributed by atoms with E-state index >= 15 is 0 Å². The van der Waals surface area contributed by atoms with Crippen LogP contribution in [-0.4, -0.2) is 30.3 Å². The second-order valence-electron chi connectivity index (χ2n) is 3.98. The van der Waals surface area contributed by atoms with Crippen LogP contribution in [0.4, 0.5) is 0 Å². The van der Waals surface area contributed by atoms with Crippen molar-refractivity contribution in [3.8, 4) is 6.07 Å². The second kappa shape index (κ2) is 7.59. The van der Waals surface area contributed by atoms with Crippen LogP contribution in [0.2, 0.25) is 0 Å². The number of hydrogen-bond donors (Lipinski definition) is 0. The monoisotopic (exact) mass is 230 g/mol. The summed E-state index contributed by atoms with van der Waals surface area (Å²) in [6.45, 7) is 3.93. The summed E-state index contributed by atoms with van der Waals surface area (Å²) < 4.78 is 0. The van der Waals surface area contributed by atoms with Gasteiger partial charge >= 0.3 is 0 Å². The van der Waals surface area contributed by atoms with Crippen molar-refractivity contribution in [3.05, 3.63) is 35.9 Å². The average molecular weight is 230 g/mol. The van der Waals surface area contributed by atoms with Crippen molar-refractivity contribution in [1.29, 1.82) is 5.26 Å². The van der Waals surface area contributed by atoms with Gasteiger partial charge in [-0.15, -0.1) is 0 Å². The molecule has 0 atom stereocenters. The van der Waals surface area contributed by atoms with Crippen molar-refractivity contribution in [2.75, 3.05) is 19.6 Å². The third kappa shape index (κ3) is 5.28. The number of nitriles is 1. The van der Waals surface area contributed by atoms with Gasteiger partial charge in [-0.2, -0.15) is 5.26 Å². The van der Waals surface area contributed by atoms with Gasteiger partial charge in [0, 0.05) is 19.4 Å². The van der Waals surface area contributed by atoms with Crippen LogP contribution in [0.3, 0.4) is 0 Å². The summed E-state index contributed by atoms with van der Waals surface area (Å²) in [7, 11) is 0. The fraction of sp³-hybridized carbons (Fsp3) is 0.429. The summed E-state index contributed by atoms with van der Waals surface area (Å²) in [6, 6.07) is 11.9. The molecule has 0 spiro atoms. The van der Waals surface area contributed by atoms with E-state index in [1.54, 1.807) is 0 Å². The van der Waals surface area contributed by atoms with Gasteiger partial charge < -0.3 is 0 Å². The number of Topliss-reactive ketones (excluding diaryl/α,β-unsaturated/α-hetero) is 1. The molecule has 0 amide bonds. The number of carbonyl (C=O) groups is 1. The summed E-state index contributed by atoms with van der Waals surface area (Å²) >= 11 is 0. The molecule has 0 fully saturated rings. The summed E-state index contributed by atoms with van der Waals surface area (Å²) in [4.78, 5) is 13.8. The highest BCUT2D eigenvalue weighted by molar-refractivity contribution is 5.82. The highest BCUT2D eigenvalue weighted by Crippen LogP contribution is 2.01. The minimum atomic E-state index is 0.205. The molecule has 0 saturated carbocycles. The van der Waals surface area contributed by atoms with Crippen LogP contribution in [-0.2, 0) is 11.2 Å². The first-order valence-corrected chi connectivity index (χ1v) is 5.91. The fourth-order valence-corrected chi connectivity index (χ4v) is 1.69. The average Bonchev–Trinajstić information content (AvgIpc) is 2.35. The molecular formula is C14H18N2O. The van der Waals surface area contributed by atoms with E-state index < -0.39 is 0 Å². The molecule has 17 heavy (non-hydrogen) atoms. The first-order chi connectivity index (χ1) is 8.26. The maximum atomic E-state index is 11.8. The molecule has 0 aliphatic heterocycles. The van der Waals surface area contributed by atoms with Crippen LogP contribution in [0, 0.1) is 11.3 Å². The van der Waals surface area contributed by atoms with Gasteiger partial charge in [-0.25, -0.2) is 0 Å². The Morgan fingerprint density at radius 3 is 2.65 bits per heavy atom. The molecule has 90 valence electrons. The zero-order chi connectivity index (χ0) is 12.5. The van der Waals surface area contributed by atoms with Crippen LogP contribution >= 0.6 is 0 Å². The van der Waals surface area contributed by atoms with Gasteiger partial charge in [-0.1, -0.05) is 37.3 Å². The summed E-state index contributed by atoms with van der Waals surface area (Å²) in [5, 5.41) is 8.52. The highest BCUT2D eigenvalue weighted by Gasteiger charge is 2.09. The molecule has 0 radical (unpaired) electrons. The molecule has 3 heteroatoms. The normalized spacial score (nSPS) is 10.2. The quantitative estimate of drug-likeness (QED) is 0.720. The lowest BCUT2D eigenvalue weighted by atomic mass is 10.1. The van der Waals surface area contributed by atoms with E-state index in [-0.39, 0.29) is 5.78 Å². The Morgan fingerprint density at radius 1 is 1.35 bits per heavy atom. The van der Waals surface area contributed by atoms with Crippen LogP contribution in [0.25, 0.3) is 0 Å². The third-order valence-corrected chi connectivity index (χ3v) is 2.63. The molecule has 0 aromatic heterocycles. The molecule has 0 saturated heterocycles. The predicted molar refractivity (Wildman–Crippen MR) is 67.5 cm³/mol. The summed E-state index contributed by atoms with van der Waals surface area (Å²) in [6.07, 6.45) is 0.955. The van der Waals surface area contributed by atoms with Gasteiger partial charge in [0.1, 0.15) is 0 Å². The lowest BCUT2D eigenvalue weighted by Gasteiger charge is -2.17. The summed E-state index contributed by atoms with van der Waals surface area (Å²) in [5.74, 6) is 0.205. The first-order valence-electron chi connectivity index (χ1n) is 5.91. The van der Waals surface area contributed by atoms with Crippen molar-refractivity contribution in [2.45, 2.75) is 19.8 Å². The Bertz CT molecular complexity index is 381. The van der Waals surface area contributed by atoms with Gasteiger partial charge in [-0.05, 0) is 12.1 Å². The molecule has 1 aromatic carbocycles. The maximum absolute atomic E-state index is 11.8. The lowest BCUT2D eigenvalue weighted by molar-refractivity contribution is -0.119. The maximum Gasteiger partial charge on any atom is 0.151 e. The highest BCUT2D eigenvalue weighted by atomic mass is 16.1. The summed E-state index contributed by atoms with van der Waals surface area (Å²) in [5.41, 5.74) is 1.05. The number of hydrogen-bond acceptors (Lipinski definition) is 3. The lowest BCUT2D eigenvalue weighted by Crippen LogP contribution is -2.31. The number of rotatable bonds is 7. The van der Waals surface area contributed by atoms with E-state index in [0.717, 1.165) is 12.1 Å². The molecule has 1 rings (SSSR count). The molecule has 0 aliphatic rings. The molecule has 1 aromatic rings. The van der Waals surface area contributed by atoms with E-state index in [2.05, 4.69) is 6.07 Å². The van der Waals surface area contributed by atoms with Gasteiger partial charge in [0.05, 0.1) is 12.6 Å². The third-order valence-electron chi connectivity index (χ3n) is 2.63. The smallest absolute Gasteiger partial charge is 0.151 e. The Morgan fingerprint density at radius 2 is 2.06 bits per heavy atom. The van der Waals surface area contributed by atoms with Gasteiger partial charge in [-0.3, -0.25) is 9.69 Å². The van der Waals surface area contributed by atoms with Crippen LogP contribution in [0.1, 0.15) is 18.9 Å². The molecule has 0 aliphatic carbocycles. The topological polar surface area (TPSA) is 44.1 Å². The Kier molecular flexibility index (Phi) is 5.98. The van der Waals surface area contributed by atoms with Gasteiger partial charge in [0.25, 0.3) is 0 Å². The van der Waals surface area contributed by atoms with Gasteiger partial charge in [0.2, 0.25) is 0 Å². The number of carbonyl (C=O) groups excluding carboxylic acids is 1. The largest absolute Gasteiger partial charge is 0.298 e. The minimum absolute atomic E-state index is 0.205. The zero-order valence-corrected chi connectivity index (χ0v) is 10.2. The van der Waals surface area contributed by atoms with Crippen molar-refractivity contribution in [1.82, 2.24) is 4.90 Å². The number of nitrogens with zero attached hydrogens (tertiary/aromatic N) is 2. The number of benzene rings is 1. The first kappa shape index (κ1) is 13.4. The van der Waals surface area contributed by atoms with Crippen molar-refractivity contribution in [2.24, 2.45) is 0 Å². The Hall–Kier alpha value is -1.66. The molecular weight excluding hydrogens is 212 g/mol. The standard InChI is InChI=1S/C14H18N2O/c1-2-16(10-6-9-15)12-14(17)11-13-7-4-3-5-8-13/h3-5,7-8H,2,6,10-12H2,1H3. The molecule has 0 unspecified atom stereocenters. The zero-order valence-electron chi connectivity index (χ0n) is 10.2. The van der Waals surface area contributed by atoms with E-state index in [4.69, 9.17) is 5.26 Å². The Labute approximate surface area is 103 Å². The van der Waals surface area contributed by atoms with Gasteiger partial charge in [0.15, 0.2) is 5.78 Å². The fourth-order valence-electron chi connectivity index (χ4n) is 1.69. The number of ketones is 1. The van der Waals surface area contributed by atoms with Crippen LogP contribution < -0.4 is 0 Å². The van der Waals surface area contributed by atoms with E-state index in [1.165, 1.54) is 0 Å². The van der Waals surface area contributed by atoms with E-state index in [9.17, 15) is 4.79 Å². The van der Waals surface area contributed by atoms with Crippen LogP contribution in [0.15, 0.2) is 30.3 Å². The Balaban J connectivity index is 2.40. The van der Waals surface area contributed by atoms with Crippen LogP contribution in [0.5, 0.6) is 0 Å². The SMILES string of the molecule is CCN(CCC#N)CC(=O)Cc1ccccc1. The second-order valence-corrected chi connectivity index (χ2v) is 3.98.